The average Bonchev–Trinajstić information content (AvgIpc) is 3.46. The maximum absolute atomic E-state index is 14.6. The van der Waals surface area contributed by atoms with E-state index in [1.54, 1.807) is 28.0 Å². The van der Waals surface area contributed by atoms with Crippen molar-refractivity contribution in [2.45, 2.75) is 41.9 Å². The van der Waals surface area contributed by atoms with Crippen LogP contribution < -0.4 is 10.2 Å². The van der Waals surface area contributed by atoms with Gasteiger partial charge >= 0.3 is 6.03 Å². The van der Waals surface area contributed by atoms with Crippen LogP contribution in [0.3, 0.4) is 0 Å². The Morgan fingerprint density at radius 3 is 2.43 bits per heavy atom. The molecule has 1 aromatic heterocycles. The lowest BCUT2D eigenvalue weighted by Gasteiger charge is -2.38. The van der Waals surface area contributed by atoms with Crippen molar-refractivity contribution >= 4 is 61.6 Å². The summed E-state index contributed by atoms with van der Waals surface area (Å²) in [7, 11) is 0.461. The molecule has 4 aromatic rings. The number of halogens is 2. The first-order valence-corrected chi connectivity index (χ1v) is 18.1. The molecule has 0 aliphatic carbocycles. The standard InChI is InChI=1S/C35H39Cl2N5O4S/c1-40(2)21-23-17-24-18-27(37)9-12-33(24)42(22-23)34(43)32(19-25-20-38-31-6-4-3-5-30(25)31)39-35(44)41-15-13-29(14-16-41)47(45,46)28-10-7-26(36)8-11-28/h3-12,18,20,23,29,32,38H,13-17,19,21-22H2,1-2H3,(H,39,44)/t23-,32-/m1/s1. The smallest absolute Gasteiger partial charge is 0.318 e. The van der Waals surface area contributed by atoms with Crippen molar-refractivity contribution in [3.63, 3.8) is 0 Å². The molecule has 2 aliphatic heterocycles. The molecule has 3 heterocycles. The number of carbonyl (C=O) groups is 2. The van der Waals surface area contributed by atoms with Gasteiger partial charge in [0.2, 0.25) is 5.91 Å². The van der Waals surface area contributed by atoms with Crippen LogP contribution in [0.25, 0.3) is 10.9 Å². The van der Waals surface area contributed by atoms with Gasteiger partial charge in [0.1, 0.15) is 6.04 Å². The van der Waals surface area contributed by atoms with E-state index >= 15 is 0 Å². The second-order valence-corrected chi connectivity index (χ2v) is 15.9. The fourth-order valence-electron chi connectivity index (χ4n) is 6.90. The summed E-state index contributed by atoms with van der Waals surface area (Å²) >= 11 is 12.3. The number of para-hydroxylation sites is 1. The molecule has 1 fully saturated rings. The fraction of sp³-hybridized carbons (Fsp3) is 0.371. The number of sulfone groups is 1. The Morgan fingerprint density at radius 1 is 1.00 bits per heavy atom. The Morgan fingerprint density at radius 2 is 1.70 bits per heavy atom. The van der Waals surface area contributed by atoms with Crippen LogP contribution in [-0.4, -0.2) is 86.7 Å². The zero-order chi connectivity index (χ0) is 33.3. The number of rotatable bonds is 8. The number of benzene rings is 3. The van der Waals surface area contributed by atoms with E-state index in [0.29, 0.717) is 29.4 Å². The van der Waals surface area contributed by atoms with Gasteiger partial charge in [-0.15, -0.1) is 0 Å². The molecular formula is C35H39Cl2N5O4S. The molecule has 1 saturated heterocycles. The second-order valence-electron chi connectivity index (χ2n) is 12.8. The van der Waals surface area contributed by atoms with Crippen molar-refractivity contribution in [2.75, 3.05) is 45.2 Å². The number of nitrogens with zero attached hydrogens (tertiary/aromatic N) is 3. The molecule has 0 saturated carbocycles. The van der Waals surface area contributed by atoms with Crippen molar-refractivity contribution < 1.29 is 18.0 Å². The number of anilines is 1. The number of amides is 3. The van der Waals surface area contributed by atoms with E-state index < -0.39 is 21.1 Å². The van der Waals surface area contributed by atoms with Gasteiger partial charge in [0, 0.05) is 65.4 Å². The summed E-state index contributed by atoms with van der Waals surface area (Å²) in [6.45, 7) is 1.82. The number of hydrogen-bond donors (Lipinski definition) is 2. The maximum atomic E-state index is 14.6. The zero-order valence-electron chi connectivity index (χ0n) is 26.5. The van der Waals surface area contributed by atoms with Crippen LogP contribution in [0.1, 0.15) is 24.0 Å². The number of aromatic amines is 1. The molecule has 3 amide bonds. The summed E-state index contributed by atoms with van der Waals surface area (Å²) < 4.78 is 26.6. The van der Waals surface area contributed by atoms with Crippen LogP contribution in [0.4, 0.5) is 10.5 Å². The SMILES string of the molecule is CN(C)C[C@H]1Cc2cc(Cl)ccc2N(C(=O)[C@@H](Cc2c[nH]c3ccccc23)NC(=O)N2CCC(S(=O)(=O)c3ccc(Cl)cc3)CC2)C1. The predicted octanol–water partition coefficient (Wildman–Crippen LogP) is 5.80. The van der Waals surface area contributed by atoms with E-state index in [0.717, 1.165) is 40.7 Å². The first-order valence-electron chi connectivity index (χ1n) is 15.8. The van der Waals surface area contributed by atoms with Crippen LogP contribution in [0.15, 0.2) is 77.8 Å². The molecule has 6 rings (SSSR count). The van der Waals surface area contributed by atoms with E-state index in [2.05, 4.69) is 15.2 Å². The largest absolute Gasteiger partial charge is 0.361 e. The van der Waals surface area contributed by atoms with Crippen molar-refractivity contribution in [2.24, 2.45) is 5.92 Å². The number of fused-ring (bicyclic) bond motifs is 2. The van der Waals surface area contributed by atoms with E-state index in [9.17, 15) is 18.0 Å². The topological polar surface area (TPSA) is 106 Å². The monoisotopic (exact) mass is 695 g/mol. The second kappa shape index (κ2) is 13.9. The molecule has 2 atom stereocenters. The molecule has 9 nitrogen and oxygen atoms in total. The third-order valence-corrected chi connectivity index (χ3v) is 11.9. The summed E-state index contributed by atoms with van der Waals surface area (Å²) in [6, 6.07) is 18.4. The quantitative estimate of drug-likeness (QED) is 0.242. The van der Waals surface area contributed by atoms with Crippen molar-refractivity contribution in [1.82, 2.24) is 20.1 Å². The van der Waals surface area contributed by atoms with Gasteiger partial charge in [0.15, 0.2) is 9.84 Å². The highest BCUT2D eigenvalue weighted by atomic mass is 35.5. The molecule has 248 valence electrons. The number of urea groups is 1. The molecule has 3 aromatic carbocycles. The van der Waals surface area contributed by atoms with Crippen molar-refractivity contribution in [1.29, 1.82) is 0 Å². The third kappa shape index (κ3) is 7.31. The summed E-state index contributed by atoms with van der Waals surface area (Å²) in [4.78, 5) is 37.4. The van der Waals surface area contributed by atoms with E-state index in [1.807, 2.05) is 56.7 Å². The minimum Gasteiger partial charge on any atom is -0.361 e. The van der Waals surface area contributed by atoms with Gasteiger partial charge in [0.25, 0.3) is 0 Å². The van der Waals surface area contributed by atoms with E-state index in [-0.39, 0.29) is 42.3 Å². The summed E-state index contributed by atoms with van der Waals surface area (Å²) in [6.07, 6.45) is 3.57. The molecule has 2 N–H and O–H groups in total. The number of hydrogen-bond acceptors (Lipinski definition) is 5. The number of carbonyl (C=O) groups excluding carboxylic acids is 2. The van der Waals surface area contributed by atoms with Crippen LogP contribution in [-0.2, 0) is 27.5 Å². The minimum absolute atomic E-state index is 0.186. The number of nitrogens with one attached hydrogen (secondary N) is 2. The summed E-state index contributed by atoms with van der Waals surface area (Å²) in [5, 5.41) is 4.52. The lowest BCUT2D eigenvalue weighted by molar-refractivity contribution is -0.120. The molecular weight excluding hydrogens is 657 g/mol. The van der Waals surface area contributed by atoms with E-state index in [4.69, 9.17) is 23.2 Å². The molecule has 0 spiro atoms. The Labute approximate surface area is 285 Å². The molecule has 12 heteroatoms. The number of likely N-dealkylation sites (tertiary alicyclic amines) is 1. The highest BCUT2D eigenvalue weighted by molar-refractivity contribution is 7.92. The first kappa shape index (κ1) is 33.3. The highest BCUT2D eigenvalue weighted by Gasteiger charge is 2.37. The molecule has 0 bridgehead atoms. The minimum atomic E-state index is -3.57. The zero-order valence-corrected chi connectivity index (χ0v) is 28.8. The van der Waals surface area contributed by atoms with Crippen LogP contribution in [0.5, 0.6) is 0 Å². The number of H-pyrrole nitrogens is 1. The lowest BCUT2D eigenvalue weighted by Crippen LogP contribution is -2.56. The average molecular weight is 697 g/mol. The third-order valence-electron chi connectivity index (χ3n) is 9.18. The van der Waals surface area contributed by atoms with Gasteiger partial charge in [-0.2, -0.15) is 0 Å². The molecule has 0 radical (unpaired) electrons. The Kier molecular flexibility index (Phi) is 9.85. The summed E-state index contributed by atoms with van der Waals surface area (Å²) in [5.74, 6) is -0.0122. The summed E-state index contributed by atoms with van der Waals surface area (Å²) in [5.41, 5.74) is 3.68. The van der Waals surface area contributed by atoms with Crippen molar-refractivity contribution in [3.8, 4) is 0 Å². The normalized spacial score (nSPS) is 17.9. The molecule has 47 heavy (non-hydrogen) atoms. The van der Waals surface area contributed by atoms with Gasteiger partial charge in [0.05, 0.1) is 10.1 Å². The van der Waals surface area contributed by atoms with Crippen LogP contribution >= 0.6 is 23.2 Å². The van der Waals surface area contributed by atoms with E-state index in [1.165, 1.54) is 12.1 Å². The van der Waals surface area contributed by atoms with Gasteiger partial charge in [-0.25, -0.2) is 13.2 Å². The van der Waals surface area contributed by atoms with Gasteiger partial charge in [-0.05, 0) is 98.9 Å². The van der Waals surface area contributed by atoms with Gasteiger partial charge in [-0.1, -0.05) is 41.4 Å². The Hall–Kier alpha value is -3.57. The maximum Gasteiger partial charge on any atom is 0.318 e. The predicted molar refractivity (Wildman–Crippen MR) is 187 cm³/mol. The van der Waals surface area contributed by atoms with Gasteiger partial charge < -0.3 is 25.0 Å². The van der Waals surface area contributed by atoms with Crippen LogP contribution in [0, 0.1) is 5.92 Å². The molecule has 0 unspecified atom stereocenters. The Bertz CT molecular complexity index is 1870. The first-order chi connectivity index (χ1) is 22.5. The lowest BCUT2D eigenvalue weighted by atomic mass is 9.91. The van der Waals surface area contributed by atoms with Crippen LogP contribution in [0.2, 0.25) is 10.0 Å². The van der Waals surface area contributed by atoms with Crippen molar-refractivity contribution in [3.05, 3.63) is 94.1 Å². The molecule has 2 aliphatic rings. The number of aromatic nitrogens is 1. The highest BCUT2D eigenvalue weighted by Crippen LogP contribution is 2.33. The fourth-order valence-corrected chi connectivity index (χ4v) is 8.95. The van der Waals surface area contributed by atoms with Gasteiger partial charge in [-0.3, -0.25) is 4.79 Å². The number of piperidine rings is 1. The Balaban J connectivity index is 1.23.